The Bertz CT molecular complexity index is 688. The van der Waals surface area contributed by atoms with Gasteiger partial charge in [-0.05, 0) is 31.7 Å². The Kier molecular flexibility index (Phi) is 3.83. The van der Waals surface area contributed by atoms with Gasteiger partial charge < -0.3 is 14.2 Å². The summed E-state index contributed by atoms with van der Waals surface area (Å²) >= 11 is 0. The number of likely N-dealkylation sites (N-methyl/N-ethyl adjacent to an activating group) is 1. The molecule has 0 aliphatic carbocycles. The molecular weight excluding hydrogens is 288 g/mol. The van der Waals surface area contributed by atoms with Crippen molar-refractivity contribution in [3.63, 3.8) is 0 Å². The molecule has 1 aromatic heterocycles. The van der Waals surface area contributed by atoms with Crippen molar-refractivity contribution in [2.75, 3.05) is 39.8 Å². The maximum absolute atomic E-state index is 5.90. The highest BCUT2D eigenvalue weighted by Gasteiger charge is 2.23. The predicted octanol–water partition coefficient (Wildman–Crippen LogP) is 2.25. The van der Waals surface area contributed by atoms with Crippen molar-refractivity contribution in [2.24, 2.45) is 0 Å². The van der Waals surface area contributed by atoms with Gasteiger partial charge >= 0.3 is 0 Å². The van der Waals surface area contributed by atoms with E-state index in [1.807, 2.05) is 12.4 Å². The number of fused-ring (bicyclic) bond motifs is 3. The number of ether oxygens (including phenoxy) is 1. The highest BCUT2D eigenvalue weighted by molar-refractivity contribution is 5.66. The van der Waals surface area contributed by atoms with Crippen LogP contribution in [0.5, 0.6) is 5.75 Å². The molecule has 5 heteroatoms. The minimum absolute atomic E-state index is 0.417. The number of benzene rings is 1. The summed E-state index contributed by atoms with van der Waals surface area (Å²) in [4.78, 5) is 9.50. The lowest BCUT2D eigenvalue weighted by atomic mass is 10.0. The van der Waals surface area contributed by atoms with Gasteiger partial charge in [0, 0.05) is 44.6 Å². The molecule has 0 N–H and O–H groups in total. The van der Waals surface area contributed by atoms with Crippen molar-refractivity contribution in [1.82, 2.24) is 19.4 Å². The summed E-state index contributed by atoms with van der Waals surface area (Å²) in [6.45, 7) is 8.39. The first-order chi connectivity index (χ1) is 11.2. The predicted molar refractivity (Wildman–Crippen MR) is 90.6 cm³/mol. The molecule has 0 bridgehead atoms. The van der Waals surface area contributed by atoms with Gasteiger partial charge in [0.1, 0.15) is 18.2 Å². The SMILES string of the molecule is CC(c1ccc2c(c1)-c1nccn1CCO2)N1CCN(C)CC1. The number of aromatic nitrogens is 2. The van der Waals surface area contributed by atoms with Crippen LogP contribution < -0.4 is 4.74 Å². The Morgan fingerprint density at radius 3 is 2.78 bits per heavy atom. The van der Waals surface area contributed by atoms with Crippen molar-refractivity contribution in [2.45, 2.75) is 19.5 Å². The molecule has 0 amide bonds. The van der Waals surface area contributed by atoms with E-state index in [2.05, 4.69) is 51.5 Å². The number of hydrogen-bond acceptors (Lipinski definition) is 4. The molecule has 0 spiro atoms. The number of rotatable bonds is 2. The first-order valence-electron chi connectivity index (χ1n) is 8.43. The van der Waals surface area contributed by atoms with E-state index in [1.54, 1.807) is 0 Å². The smallest absolute Gasteiger partial charge is 0.143 e. The van der Waals surface area contributed by atoms with E-state index < -0.39 is 0 Å². The quantitative estimate of drug-likeness (QED) is 0.852. The van der Waals surface area contributed by atoms with Crippen LogP contribution in [0.15, 0.2) is 30.6 Å². The van der Waals surface area contributed by atoms with Gasteiger partial charge in [0.15, 0.2) is 0 Å². The van der Waals surface area contributed by atoms with Crippen LogP contribution in [0, 0.1) is 0 Å². The fourth-order valence-electron chi connectivity index (χ4n) is 3.52. The van der Waals surface area contributed by atoms with Crippen molar-refractivity contribution in [1.29, 1.82) is 0 Å². The van der Waals surface area contributed by atoms with E-state index in [1.165, 1.54) is 5.56 Å². The van der Waals surface area contributed by atoms with Crippen LogP contribution in [0.2, 0.25) is 0 Å². The van der Waals surface area contributed by atoms with Crippen LogP contribution in [0.3, 0.4) is 0 Å². The first-order valence-corrected chi connectivity index (χ1v) is 8.43. The van der Waals surface area contributed by atoms with Crippen LogP contribution >= 0.6 is 0 Å². The summed E-state index contributed by atoms with van der Waals surface area (Å²) in [7, 11) is 2.20. The standard InChI is InChI=1S/C18H24N4O/c1-14(21-9-7-20(2)8-10-21)15-3-4-17-16(13-15)18-19-5-6-22(18)11-12-23-17/h3-6,13-14H,7-12H2,1-2H3. The Morgan fingerprint density at radius 2 is 1.96 bits per heavy atom. The van der Waals surface area contributed by atoms with Gasteiger partial charge in [-0.3, -0.25) is 4.90 Å². The molecule has 1 atom stereocenters. The van der Waals surface area contributed by atoms with E-state index >= 15 is 0 Å². The minimum Gasteiger partial charge on any atom is -0.491 e. The molecule has 0 radical (unpaired) electrons. The Balaban J connectivity index is 1.65. The highest BCUT2D eigenvalue weighted by atomic mass is 16.5. The lowest BCUT2D eigenvalue weighted by molar-refractivity contribution is 0.119. The number of imidazole rings is 1. The molecule has 122 valence electrons. The highest BCUT2D eigenvalue weighted by Crippen LogP contribution is 2.34. The maximum Gasteiger partial charge on any atom is 0.143 e. The summed E-state index contributed by atoms with van der Waals surface area (Å²) in [6, 6.07) is 7.01. The van der Waals surface area contributed by atoms with Gasteiger partial charge in [-0.2, -0.15) is 0 Å². The molecule has 5 nitrogen and oxygen atoms in total. The average Bonchev–Trinajstić information content (AvgIpc) is 2.97. The molecule has 4 rings (SSSR count). The zero-order valence-electron chi connectivity index (χ0n) is 13.9. The summed E-state index contributed by atoms with van der Waals surface area (Å²) < 4.78 is 8.08. The molecule has 0 saturated carbocycles. The van der Waals surface area contributed by atoms with Gasteiger partial charge in [0.25, 0.3) is 0 Å². The Labute approximate surface area is 137 Å². The van der Waals surface area contributed by atoms with Crippen molar-refractivity contribution in [3.8, 4) is 17.1 Å². The Hall–Kier alpha value is -1.85. The molecule has 1 unspecified atom stereocenters. The first kappa shape index (κ1) is 14.7. The monoisotopic (exact) mass is 312 g/mol. The molecular formula is C18H24N4O. The van der Waals surface area contributed by atoms with E-state index in [9.17, 15) is 0 Å². The van der Waals surface area contributed by atoms with Gasteiger partial charge in [-0.1, -0.05) is 6.07 Å². The van der Waals surface area contributed by atoms with Crippen LogP contribution in [-0.2, 0) is 6.54 Å². The van der Waals surface area contributed by atoms with E-state index in [0.717, 1.165) is 49.9 Å². The Morgan fingerprint density at radius 1 is 1.13 bits per heavy atom. The van der Waals surface area contributed by atoms with Gasteiger partial charge in [0.2, 0.25) is 0 Å². The normalized spacial score (nSPS) is 20.3. The van der Waals surface area contributed by atoms with Crippen LogP contribution in [0.25, 0.3) is 11.4 Å². The van der Waals surface area contributed by atoms with E-state index in [4.69, 9.17) is 4.74 Å². The van der Waals surface area contributed by atoms with Crippen molar-refractivity contribution in [3.05, 3.63) is 36.2 Å². The molecule has 23 heavy (non-hydrogen) atoms. The third kappa shape index (κ3) is 2.75. The summed E-state index contributed by atoms with van der Waals surface area (Å²) in [5.41, 5.74) is 2.46. The fourth-order valence-corrected chi connectivity index (χ4v) is 3.52. The van der Waals surface area contributed by atoms with Gasteiger partial charge in [0.05, 0.1) is 12.1 Å². The van der Waals surface area contributed by atoms with E-state index in [-0.39, 0.29) is 0 Å². The average molecular weight is 312 g/mol. The second-order valence-electron chi connectivity index (χ2n) is 6.56. The molecule has 1 aromatic carbocycles. The zero-order chi connectivity index (χ0) is 15.8. The van der Waals surface area contributed by atoms with Crippen LogP contribution in [0.1, 0.15) is 18.5 Å². The molecule has 1 saturated heterocycles. The number of nitrogens with zero attached hydrogens (tertiary/aromatic N) is 4. The second kappa shape index (κ2) is 5.98. The summed E-state index contributed by atoms with van der Waals surface area (Å²) in [6.07, 6.45) is 3.91. The minimum atomic E-state index is 0.417. The van der Waals surface area contributed by atoms with Crippen LogP contribution in [0.4, 0.5) is 0 Å². The van der Waals surface area contributed by atoms with Crippen molar-refractivity contribution >= 4 is 0 Å². The molecule has 2 aliphatic heterocycles. The maximum atomic E-state index is 5.90. The number of piperazine rings is 1. The largest absolute Gasteiger partial charge is 0.491 e. The molecule has 2 aliphatic rings. The topological polar surface area (TPSA) is 33.5 Å². The lowest BCUT2D eigenvalue weighted by Gasteiger charge is -2.36. The summed E-state index contributed by atoms with van der Waals surface area (Å²) in [5, 5.41) is 0. The number of hydrogen-bond donors (Lipinski definition) is 0. The molecule has 1 fully saturated rings. The van der Waals surface area contributed by atoms with Crippen molar-refractivity contribution < 1.29 is 4.74 Å². The van der Waals surface area contributed by atoms with Gasteiger partial charge in [-0.25, -0.2) is 4.98 Å². The third-order valence-corrected chi connectivity index (χ3v) is 5.12. The second-order valence-corrected chi connectivity index (χ2v) is 6.56. The fraction of sp³-hybridized carbons (Fsp3) is 0.500. The molecule has 3 heterocycles. The molecule has 2 aromatic rings. The lowest BCUT2D eigenvalue weighted by Crippen LogP contribution is -2.45. The summed E-state index contributed by atoms with van der Waals surface area (Å²) in [5.74, 6) is 1.97. The zero-order valence-corrected chi connectivity index (χ0v) is 13.9. The van der Waals surface area contributed by atoms with E-state index in [0.29, 0.717) is 12.6 Å². The third-order valence-electron chi connectivity index (χ3n) is 5.12. The van der Waals surface area contributed by atoms with Crippen LogP contribution in [-0.4, -0.2) is 59.2 Å². The van der Waals surface area contributed by atoms with Gasteiger partial charge in [-0.15, -0.1) is 0 Å².